The molecule has 2 heterocycles. The van der Waals surface area contributed by atoms with E-state index in [0.717, 1.165) is 44.3 Å². The minimum absolute atomic E-state index is 0.00127. The highest BCUT2D eigenvalue weighted by Crippen LogP contribution is 2.39. The maximum absolute atomic E-state index is 12.7. The molecular formula is C16H21ClN2O. The zero-order valence-electron chi connectivity index (χ0n) is 11.9. The van der Waals surface area contributed by atoms with Crippen molar-refractivity contribution in [3.05, 3.63) is 34.9 Å². The molecule has 3 nitrogen and oxygen atoms in total. The number of nitrogens with zero attached hydrogens (tertiary/aromatic N) is 1. The summed E-state index contributed by atoms with van der Waals surface area (Å²) >= 11 is 6.02. The van der Waals surface area contributed by atoms with E-state index in [1.165, 1.54) is 0 Å². The van der Waals surface area contributed by atoms with Gasteiger partial charge in [0, 0.05) is 5.02 Å². The largest absolute Gasteiger partial charge is 0.348 e. The van der Waals surface area contributed by atoms with Gasteiger partial charge < -0.3 is 5.32 Å². The molecule has 4 heteroatoms. The number of rotatable bonds is 3. The molecule has 0 aromatic heterocycles. The van der Waals surface area contributed by atoms with Gasteiger partial charge >= 0.3 is 0 Å². The van der Waals surface area contributed by atoms with Gasteiger partial charge in [0.25, 0.3) is 0 Å². The van der Waals surface area contributed by atoms with Crippen LogP contribution in [0.2, 0.25) is 5.02 Å². The van der Waals surface area contributed by atoms with E-state index >= 15 is 0 Å². The summed E-state index contributed by atoms with van der Waals surface area (Å²) in [6.07, 6.45) is 4.28. The highest BCUT2D eigenvalue weighted by molar-refractivity contribution is 6.30. The van der Waals surface area contributed by atoms with Gasteiger partial charge in [0.05, 0.1) is 6.04 Å². The standard InChI is InChI=1S/C16H21ClN2O/c1-12(13-5-2-6-14(17)11-13)18-15(20)16-7-3-9-19(16)10-4-8-16/h2,5-6,11-12H,3-4,7-10H2,1H3,(H,18,20)/t12-/m1/s1. The van der Waals surface area contributed by atoms with Crippen LogP contribution in [-0.4, -0.2) is 29.4 Å². The van der Waals surface area contributed by atoms with Crippen LogP contribution >= 0.6 is 11.6 Å². The predicted molar refractivity (Wildman–Crippen MR) is 80.8 cm³/mol. The first kappa shape index (κ1) is 13.9. The number of halogens is 1. The maximum atomic E-state index is 12.7. The van der Waals surface area contributed by atoms with Crippen LogP contribution in [0.15, 0.2) is 24.3 Å². The molecule has 3 rings (SSSR count). The van der Waals surface area contributed by atoms with Gasteiger partial charge in [-0.25, -0.2) is 0 Å². The molecule has 0 saturated carbocycles. The van der Waals surface area contributed by atoms with Crippen LogP contribution < -0.4 is 5.32 Å². The molecule has 20 heavy (non-hydrogen) atoms. The first-order chi connectivity index (χ1) is 9.62. The fraction of sp³-hybridized carbons (Fsp3) is 0.562. The Hall–Kier alpha value is -1.06. The van der Waals surface area contributed by atoms with E-state index in [-0.39, 0.29) is 17.5 Å². The normalized spacial score (nSPS) is 22.5. The van der Waals surface area contributed by atoms with Crippen molar-refractivity contribution >= 4 is 17.5 Å². The van der Waals surface area contributed by atoms with E-state index in [1.807, 2.05) is 31.2 Å². The van der Waals surface area contributed by atoms with E-state index in [9.17, 15) is 4.79 Å². The highest BCUT2D eigenvalue weighted by Gasteiger charge is 2.50. The molecule has 1 atom stereocenters. The summed E-state index contributed by atoms with van der Waals surface area (Å²) in [4.78, 5) is 15.1. The van der Waals surface area contributed by atoms with E-state index in [4.69, 9.17) is 11.6 Å². The third kappa shape index (κ3) is 2.33. The molecule has 0 radical (unpaired) electrons. The summed E-state index contributed by atoms with van der Waals surface area (Å²) < 4.78 is 0. The molecule has 1 N–H and O–H groups in total. The molecule has 1 amide bonds. The van der Waals surface area contributed by atoms with Gasteiger partial charge in [-0.05, 0) is 63.4 Å². The van der Waals surface area contributed by atoms with Gasteiger partial charge in [-0.15, -0.1) is 0 Å². The van der Waals surface area contributed by atoms with Crippen LogP contribution in [-0.2, 0) is 4.79 Å². The minimum Gasteiger partial charge on any atom is -0.348 e. The summed E-state index contributed by atoms with van der Waals surface area (Å²) in [6.45, 7) is 4.16. The Morgan fingerprint density at radius 1 is 1.35 bits per heavy atom. The van der Waals surface area contributed by atoms with Crippen molar-refractivity contribution < 1.29 is 4.79 Å². The molecule has 2 aliphatic rings. The van der Waals surface area contributed by atoms with Gasteiger partial charge in [-0.1, -0.05) is 23.7 Å². The van der Waals surface area contributed by atoms with Gasteiger partial charge in [-0.2, -0.15) is 0 Å². The third-order valence-electron chi connectivity index (χ3n) is 4.76. The third-order valence-corrected chi connectivity index (χ3v) is 5.00. The number of amides is 1. The average Bonchev–Trinajstić information content (AvgIpc) is 2.98. The molecule has 2 fully saturated rings. The van der Waals surface area contributed by atoms with Gasteiger partial charge in [0.15, 0.2) is 0 Å². The summed E-state index contributed by atoms with van der Waals surface area (Å²) in [5, 5.41) is 3.90. The lowest BCUT2D eigenvalue weighted by atomic mass is 9.92. The van der Waals surface area contributed by atoms with Crippen LogP contribution in [0.4, 0.5) is 0 Å². The molecule has 0 aliphatic carbocycles. The molecular weight excluding hydrogens is 272 g/mol. The van der Waals surface area contributed by atoms with E-state index < -0.39 is 0 Å². The monoisotopic (exact) mass is 292 g/mol. The van der Waals surface area contributed by atoms with Crippen molar-refractivity contribution in [1.29, 1.82) is 0 Å². The van der Waals surface area contributed by atoms with Crippen molar-refractivity contribution in [3.63, 3.8) is 0 Å². The SMILES string of the molecule is C[C@@H](NC(=O)C12CCCN1CCC2)c1cccc(Cl)c1. The second kappa shape index (κ2) is 5.38. The van der Waals surface area contributed by atoms with Crippen molar-refractivity contribution in [3.8, 4) is 0 Å². The van der Waals surface area contributed by atoms with Crippen LogP contribution in [0.1, 0.15) is 44.2 Å². The topological polar surface area (TPSA) is 32.3 Å². The quantitative estimate of drug-likeness (QED) is 0.928. The molecule has 0 bridgehead atoms. The van der Waals surface area contributed by atoms with E-state index in [1.54, 1.807) is 0 Å². The minimum atomic E-state index is -0.229. The number of benzene rings is 1. The lowest BCUT2D eigenvalue weighted by Gasteiger charge is -2.32. The summed E-state index contributed by atoms with van der Waals surface area (Å²) in [5.74, 6) is 0.194. The zero-order chi connectivity index (χ0) is 14.2. The van der Waals surface area contributed by atoms with Gasteiger partial charge in [0.2, 0.25) is 5.91 Å². The van der Waals surface area contributed by atoms with Crippen LogP contribution in [0.5, 0.6) is 0 Å². The zero-order valence-corrected chi connectivity index (χ0v) is 12.6. The Kier molecular flexibility index (Phi) is 3.74. The molecule has 1 aromatic rings. The Bertz CT molecular complexity index is 507. The number of fused-ring (bicyclic) bond motifs is 1. The highest BCUT2D eigenvalue weighted by atomic mass is 35.5. The molecule has 2 saturated heterocycles. The molecule has 1 aromatic carbocycles. The van der Waals surface area contributed by atoms with Crippen molar-refractivity contribution in [2.75, 3.05) is 13.1 Å². The van der Waals surface area contributed by atoms with Crippen molar-refractivity contribution in [2.45, 2.75) is 44.2 Å². The second-order valence-electron chi connectivity index (χ2n) is 5.98. The summed E-state index contributed by atoms with van der Waals surface area (Å²) in [6, 6.07) is 7.71. The predicted octanol–water partition coefficient (Wildman–Crippen LogP) is 3.15. The number of hydrogen-bond acceptors (Lipinski definition) is 2. The first-order valence-corrected chi connectivity index (χ1v) is 7.81. The molecule has 0 unspecified atom stereocenters. The Morgan fingerprint density at radius 2 is 2.05 bits per heavy atom. The summed E-state index contributed by atoms with van der Waals surface area (Å²) in [7, 11) is 0. The second-order valence-corrected chi connectivity index (χ2v) is 6.41. The number of carbonyl (C=O) groups excluding carboxylic acids is 1. The number of carbonyl (C=O) groups is 1. The molecule has 0 spiro atoms. The van der Waals surface area contributed by atoms with Crippen LogP contribution in [0.3, 0.4) is 0 Å². The maximum Gasteiger partial charge on any atom is 0.240 e. The van der Waals surface area contributed by atoms with E-state index in [2.05, 4.69) is 10.2 Å². The Balaban J connectivity index is 1.73. The molecule has 2 aliphatic heterocycles. The fourth-order valence-corrected chi connectivity index (χ4v) is 3.87. The fourth-order valence-electron chi connectivity index (χ4n) is 3.67. The van der Waals surface area contributed by atoms with Crippen LogP contribution in [0, 0.1) is 0 Å². The van der Waals surface area contributed by atoms with E-state index in [0.29, 0.717) is 5.02 Å². The van der Waals surface area contributed by atoms with Crippen molar-refractivity contribution in [1.82, 2.24) is 10.2 Å². The van der Waals surface area contributed by atoms with Gasteiger partial charge in [0.1, 0.15) is 5.54 Å². The summed E-state index contributed by atoms with van der Waals surface area (Å²) in [5.41, 5.74) is 0.831. The lowest BCUT2D eigenvalue weighted by Crippen LogP contribution is -2.52. The average molecular weight is 293 g/mol. The first-order valence-electron chi connectivity index (χ1n) is 7.43. The van der Waals surface area contributed by atoms with Crippen molar-refractivity contribution in [2.24, 2.45) is 0 Å². The lowest BCUT2D eigenvalue weighted by molar-refractivity contribution is -0.131. The smallest absolute Gasteiger partial charge is 0.240 e. The Morgan fingerprint density at radius 3 is 2.70 bits per heavy atom. The Labute approximate surface area is 125 Å². The number of hydrogen-bond donors (Lipinski definition) is 1. The molecule has 108 valence electrons. The van der Waals surface area contributed by atoms with Crippen LogP contribution in [0.25, 0.3) is 0 Å². The number of nitrogens with one attached hydrogen (secondary N) is 1. The van der Waals surface area contributed by atoms with Gasteiger partial charge in [-0.3, -0.25) is 9.69 Å².